The highest BCUT2D eigenvalue weighted by molar-refractivity contribution is 7.83. The molecule has 1 heterocycles. The van der Waals surface area contributed by atoms with Crippen molar-refractivity contribution >= 4 is 49.1 Å². The normalized spacial score (nSPS) is 17.6. The average molecular weight is 1170 g/mol. The predicted molar refractivity (Wildman–Crippen MR) is 263 cm³/mol. The molecular formula is C52H52B2F20O2P2. The van der Waals surface area contributed by atoms with Crippen LogP contribution in [-0.2, 0) is 9.31 Å². The second-order valence-electron chi connectivity index (χ2n) is 22.9. The van der Waals surface area contributed by atoms with E-state index in [1.165, 1.54) is 83.1 Å². The first kappa shape index (κ1) is 64.3. The molecule has 0 atom stereocenters. The maximum atomic E-state index is 16.5. The van der Waals surface area contributed by atoms with Crippen molar-refractivity contribution in [1.82, 2.24) is 0 Å². The van der Waals surface area contributed by atoms with Gasteiger partial charge < -0.3 is 9.31 Å². The fraction of sp³-hybridized carbons (Fsp3) is 0.462. The number of hydrogen-bond acceptors (Lipinski definition) is 2. The summed E-state index contributed by atoms with van der Waals surface area (Å²) in [5.74, 6) is -51.2. The molecule has 4 aromatic rings. The van der Waals surface area contributed by atoms with E-state index in [0.717, 1.165) is 0 Å². The minimum Gasteiger partial charge on any atom is -0.573 e. The lowest BCUT2D eigenvalue weighted by Gasteiger charge is -2.45. The van der Waals surface area contributed by atoms with Gasteiger partial charge >= 0.3 is 0 Å². The van der Waals surface area contributed by atoms with Crippen LogP contribution in [0.4, 0.5) is 87.8 Å². The quantitative estimate of drug-likeness (QED) is 0.0506. The van der Waals surface area contributed by atoms with Gasteiger partial charge in [-0.05, 0) is 109 Å². The van der Waals surface area contributed by atoms with Crippen LogP contribution in [-0.4, -0.2) is 58.9 Å². The standard InChI is InChI=1S/C52H52B2F20O2P2/c1-49(2,3)77(50(4,5)6)21-15-13-19-76-54(27-33(59)41(67)47(73)42(68)34(27)60,28-35(61)43(69)48(74)44(70)36(28)62)18-24-78(51(7,8)9,52(10,11)12)22-16-14-20-75-53(17-23-77,25-29(55)37(63)45(71)38(64)30(25)56)26-31(57)39(65)46(72)40(66)32(26)58/h13-16,19-22H2,1-12H3. The molecule has 4 aromatic carbocycles. The molecule has 0 aliphatic carbocycles. The van der Waals surface area contributed by atoms with Gasteiger partial charge in [-0.3, -0.25) is 0 Å². The molecule has 0 amide bonds. The molecule has 78 heavy (non-hydrogen) atoms. The highest BCUT2D eigenvalue weighted by Crippen LogP contribution is 2.77. The van der Waals surface area contributed by atoms with Crippen LogP contribution in [0.3, 0.4) is 0 Å². The molecule has 0 saturated carbocycles. The molecule has 428 valence electrons. The zero-order valence-corrected chi connectivity index (χ0v) is 45.9. The van der Waals surface area contributed by atoms with E-state index in [9.17, 15) is 17.6 Å². The lowest BCUT2D eigenvalue weighted by molar-refractivity contribution is 0.307. The molecule has 5 rings (SSSR count). The summed E-state index contributed by atoms with van der Waals surface area (Å²) in [6, 6.07) is 0. The molecule has 0 saturated heterocycles. The summed E-state index contributed by atoms with van der Waals surface area (Å²) in [6.45, 7) is 15.6. The van der Waals surface area contributed by atoms with Crippen molar-refractivity contribution < 1.29 is 97.1 Å². The highest BCUT2D eigenvalue weighted by Gasteiger charge is 2.59. The molecule has 26 heteroatoms. The highest BCUT2D eigenvalue weighted by atomic mass is 31.2. The van der Waals surface area contributed by atoms with Crippen molar-refractivity contribution in [1.29, 1.82) is 0 Å². The molecule has 0 unspecified atom stereocenters. The number of hydrogen-bond donors (Lipinski definition) is 0. The Balaban J connectivity index is 2.03. The summed E-state index contributed by atoms with van der Waals surface area (Å²) in [4.78, 5) is 0. The Kier molecular flexibility index (Phi) is 18.2. The van der Waals surface area contributed by atoms with Gasteiger partial charge in [0.1, 0.15) is 46.5 Å². The second-order valence-corrected chi connectivity index (χ2v) is 32.9. The molecule has 0 aromatic heterocycles. The topological polar surface area (TPSA) is 18.5 Å². The van der Waals surface area contributed by atoms with Crippen molar-refractivity contribution in [2.24, 2.45) is 0 Å². The van der Waals surface area contributed by atoms with E-state index >= 15 is 70.2 Å². The Bertz CT molecular complexity index is 2700. The third-order valence-electron chi connectivity index (χ3n) is 14.6. The Labute approximate surface area is 439 Å². The van der Waals surface area contributed by atoms with Crippen molar-refractivity contribution in [2.75, 3.05) is 25.5 Å². The lowest BCUT2D eigenvalue weighted by Crippen LogP contribution is -2.66. The predicted octanol–water partition coefficient (Wildman–Crippen LogP) is 14.1. The number of rotatable bonds is 4. The molecule has 0 fully saturated rings. The molecule has 1 aliphatic heterocycles. The summed E-state index contributed by atoms with van der Waals surface area (Å²) in [7, 11) is -7.45. The van der Waals surface area contributed by atoms with E-state index in [2.05, 4.69) is 23.0 Å². The summed E-state index contributed by atoms with van der Waals surface area (Å²) in [5, 5.41) is -5.20. The van der Waals surface area contributed by atoms with Crippen LogP contribution in [0, 0.1) is 139 Å². The SMILES string of the molecule is CC(C)(C)[P+]1(C(C)(C)C)C#C[B-](c2c(F)c(F)c(F)c(F)c2F)(c2c(F)c(F)c(F)c(F)c2F)OCCCC[P+](C(C)(C)C)(C(C)(C)C)C#C[B-](c2c(F)c(F)c(F)c(F)c2F)(c2c(F)c(F)c(F)c(F)c2F)OCCCC1. The lowest BCUT2D eigenvalue weighted by atomic mass is 9.32. The fourth-order valence-electron chi connectivity index (χ4n) is 10.9. The van der Waals surface area contributed by atoms with Crippen molar-refractivity contribution in [3.8, 4) is 23.0 Å². The van der Waals surface area contributed by atoms with Crippen molar-refractivity contribution in [3.05, 3.63) is 116 Å². The van der Waals surface area contributed by atoms with Gasteiger partial charge in [-0.15, -0.1) is 0 Å². The molecule has 0 bridgehead atoms. The Morgan fingerprint density at radius 3 is 0.615 bits per heavy atom. The first-order valence-corrected chi connectivity index (χ1v) is 28.0. The van der Waals surface area contributed by atoms with Crippen LogP contribution in [0.5, 0.6) is 0 Å². The van der Waals surface area contributed by atoms with Gasteiger partial charge in [-0.25, -0.2) is 99.4 Å². The van der Waals surface area contributed by atoms with E-state index in [0.29, 0.717) is 0 Å². The first-order valence-electron chi connectivity index (χ1n) is 24.0. The smallest absolute Gasteiger partial charge is 0.257 e. The van der Waals surface area contributed by atoms with Crippen LogP contribution in [0.25, 0.3) is 0 Å². The van der Waals surface area contributed by atoms with Crippen molar-refractivity contribution in [3.63, 3.8) is 0 Å². The minimum atomic E-state index is -5.20. The van der Waals surface area contributed by atoms with E-state index in [1.54, 1.807) is 0 Å². The van der Waals surface area contributed by atoms with Crippen LogP contribution >= 0.6 is 14.5 Å². The minimum absolute atomic E-state index is 0.393. The van der Waals surface area contributed by atoms with Gasteiger partial charge in [-0.1, -0.05) is 21.9 Å². The van der Waals surface area contributed by atoms with Gasteiger partial charge in [0.05, 0.1) is 47.5 Å². The van der Waals surface area contributed by atoms with Crippen LogP contribution in [0.1, 0.15) is 109 Å². The number of benzene rings is 4. The second kappa shape index (κ2) is 22.1. The van der Waals surface area contributed by atoms with Crippen LogP contribution in [0.2, 0.25) is 0 Å². The molecular weight excluding hydrogens is 1120 g/mol. The third-order valence-corrected chi connectivity index (χ3v) is 26.8. The Hall–Kier alpha value is -4.49. The third kappa shape index (κ3) is 10.3. The van der Waals surface area contributed by atoms with Gasteiger partial charge in [0.15, 0.2) is 69.8 Å². The summed E-state index contributed by atoms with van der Waals surface area (Å²) >= 11 is 0. The number of halogens is 20. The van der Waals surface area contributed by atoms with Gasteiger partial charge in [-0.2, -0.15) is 0 Å². The average Bonchev–Trinajstić information content (AvgIpc) is 3.33. The van der Waals surface area contributed by atoms with E-state index in [4.69, 9.17) is 9.31 Å². The Morgan fingerprint density at radius 1 is 0.282 bits per heavy atom. The largest absolute Gasteiger partial charge is 0.573 e. The van der Waals surface area contributed by atoms with E-state index in [-0.39, 0.29) is 0 Å². The molecule has 2 nitrogen and oxygen atoms in total. The summed E-state index contributed by atoms with van der Waals surface area (Å²) in [6.07, 6.45) is -13.3. The summed E-state index contributed by atoms with van der Waals surface area (Å²) < 4.78 is 327. The molecule has 0 N–H and O–H groups in total. The molecule has 1 aliphatic rings. The maximum Gasteiger partial charge on any atom is 0.257 e. The van der Waals surface area contributed by atoms with Gasteiger partial charge in [0.25, 0.3) is 12.7 Å². The molecule has 0 spiro atoms. The van der Waals surface area contributed by atoms with Gasteiger partial charge in [0.2, 0.25) is 0 Å². The van der Waals surface area contributed by atoms with Gasteiger partial charge in [0, 0.05) is 24.5 Å². The molecule has 0 radical (unpaired) electrons. The first-order chi connectivity index (χ1) is 35.5. The van der Waals surface area contributed by atoms with E-state index in [1.807, 2.05) is 0 Å². The zero-order chi connectivity index (χ0) is 59.8. The monoisotopic (exact) mass is 1170 g/mol. The van der Waals surface area contributed by atoms with Crippen LogP contribution in [0.15, 0.2) is 0 Å². The van der Waals surface area contributed by atoms with E-state index < -0.39 is 237 Å². The zero-order valence-electron chi connectivity index (χ0n) is 44.1. The fourth-order valence-corrected chi connectivity index (χ4v) is 21.3. The summed E-state index contributed by atoms with van der Waals surface area (Å²) in [5.41, 5.74) is -3.40. The Morgan fingerprint density at radius 2 is 0.449 bits per heavy atom. The van der Waals surface area contributed by atoms with Crippen molar-refractivity contribution in [2.45, 2.75) is 129 Å². The van der Waals surface area contributed by atoms with Crippen LogP contribution < -0.4 is 21.9 Å². The maximum absolute atomic E-state index is 16.5.